The van der Waals surface area contributed by atoms with Gasteiger partial charge in [-0.25, -0.2) is 4.39 Å². The predicted octanol–water partition coefficient (Wildman–Crippen LogP) is 2.36. The first-order valence-corrected chi connectivity index (χ1v) is 6.13. The molecule has 1 aromatic rings. The number of hydrogen-bond acceptors (Lipinski definition) is 3. The molecule has 0 spiro atoms. The molecule has 1 aromatic carbocycles. The van der Waals surface area contributed by atoms with Gasteiger partial charge in [0, 0.05) is 20.2 Å². The SMILES string of the molecule is COC1(CNCc2cc(F)ccc2C#N)CCC1. The lowest BCUT2D eigenvalue weighted by atomic mass is 9.80. The van der Waals surface area contributed by atoms with Crippen molar-refractivity contribution >= 4 is 0 Å². The molecule has 3 nitrogen and oxygen atoms in total. The minimum absolute atomic E-state index is 0.0554. The van der Waals surface area contributed by atoms with Gasteiger partial charge in [-0.2, -0.15) is 5.26 Å². The summed E-state index contributed by atoms with van der Waals surface area (Å²) in [6.07, 6.45) is 3.31. The topological polar surface area (TPSA) is 45.0 Å². The largest absolute Gasteiger partial charge is 0.377 e. The number of nitriles is 1. The van der Waals surface area contributed by atoms with Crippen molar-refractivity contribution in [2.75, 3.05) is 13.7 Å². The molecule has 1 saturated carbocycles. The molecule has 4 heteroatoms. The third kappa shape index (κ3) is 2.69. The van der Waals surface area contributed by atoms with Crippen LogP contribution in [0, 0.1) is 17.1 Å². The first-order chi connectivity index (χ1) is 8.69. The van der Waals surface area contributed by atoms with E-state index in [0.29, 0.717) is 17.7 Å². The molecule has 0 aromatic heterocycles. The van der Waals surface area contributed by atoms with Crippen LogP contribution in [0.1, 0.15) is 30.4 Å². The van der Waals surface area contributed by atoms with E-state index in [4.69, 9.17) is 10.00 Å². The maximum absolute atomic E-state index is 13.1. The highest BCUT2D eigenvalue weighted by Crippen LogP contribution is 2.34. The predicted molar refractivity (Wildman–Crippen MR) is 66.4 cm³/mol. The van der Waals surface area contributed by atoms with Crippen molar-refractivity contribution in [3.63, 3.8) is 0 Å². The van der Waals surface area contributed by atoms with Gasteiger partial charge in [0.05, 0.1) is 17.2 Å². The molecule has 1 fully saturated rings. The summed E-state index contributed by atoms with van der Waals surface area (Å²) in [7, 11) is 1.73. The van der Waals surface area contributed by atoms with Crippen LogP contribution >= 0.6 is 0 Å². The second kappa shape index (κ2) is 5.47. The van der Waals surface area contributed by atoms with E-state index in [1.807, 2.05) is 0 Å². The summed E-state index contributed by atoms with van der Waals surface area (Å²) in [4.78, 5) is 0. The summed E-state index contributed by atoms with van der Waals surface area (Å²) in [5.74, 6) is -0.309. The molecule has 2 rings (SSSR count). The minimum Gasteiger partial charge on any atom is -0.377 e. The standard InChI is InChI=1S/C14H17FN2O/c1-18-14(5-2-6-14)10-17-9-12-7-13(15)4-3-11(12)8-16/h3-4,7,17H,2,5-6,9-10H2,1H3. The van der Waals surface area contributed by atoms with Gasteiger partial charge in [0.1, 0.15) is 5.82 Å². The normalized spacial score (nSPS) is 16.9. The number of rotatable bonds is 5. The van der Waals surface area contributed by atoms with Crippen LogP contribution in [0.3, 0.4) is 0 Å². The summed E-state index contributed by atoms with van der Waals surface area (Å²) in [5.41, 5.74) is 1.16. The van der Waals surface area contributed by atoms with Gasteiger partial charge < -0.3 is 10.1 Å². The Morgan fingerprint density at radius 3 is 2.83 bits per heavy atom. The molecule has 0 heterocycles. The van der Waals surface area contributed by atoms with E-state index in [9.17, 15) is 4.39 Å². The maximum Gasteiger partial charge on any atom is 0.123 e. The molecule has 96 valence electrons. The molecule has 0 unspecified atom stereocenters. The van der Waals surface area contributed by atoms with E-state index in [-0.39, 0.29) is 11.4 Å². The molecule has 0 aliphatic heterocycles. The number of methoxy groups -OCH3 is 1. The lowest BCUT2D eigenvalue weighted by Crippen LogP contribution is -2.47. The first kappa shape index (κ1) is 13.0. The van der Waals surface area contributed by atoms with E-state index >= 15 is 0 Å². The van der Waals surface area contributed by atoms with Crippen LogP contribution in [0.4, 0.5) is 4.39 Å². The van der Waals surface area contributed by atoms with E-state index in [1.54, 1.807) is 7.11 Å². The third-order valence-electron chi connectivity index (χ3n) is 3.65. The van der Waals surface area contributed by atoms with Crippen LogP contribution in [0.25, 0.3) is 0 Å². The van der Waals surface area contributed by atoms with Crippen molar-refractivity contribution < 1.29 is 9.13 Å². The number of benzene rings is 1. The van der Waals surface area contributed by atoms with Gasteiger partial charge in [0.2, 0.25) is 0 Å². The van der Waals surface area contributed by atoms with Crippen LogP contribution in [0.5, 0.6) is 0 Å². The van der Waals surface area contributed by atoms with Gasteiger partial charge >= 0.3 is 0 Å². The molecule has 0 radical (unpaired) electrons. The van der Waals surface area contributed by atoms with Crippen molar-refractivity contribution in [2.24, 2.45) is 0 Å². The second-order valence-corrected chi connectivity index (χ2v) is 4.76. The Hall–Kier alpha value is -1.44. The Balaban J connectivity index is 1.94. The summed E-state index contributed by atoms with van der Waals surface area (Å²) < 4.78 is 18.6. The van der Waals surface area contributed by atoms with E-state index in [0.717, 1.165) is 19.4 Å². The number of nitrogens with zero attached hydrogens (tertiary/aromatic N) is 1. The zero-order chi connectivity index (χ0) is 13.0. The molecule has 18 heavy (non-hydrogen) atoms. The Kier molecular flexibility index (Phi) is 3.95. The average Bonchev–Trinajstić information content (AvgIpc) is 2.33. The van der Waals surface area contributed by atoms with Crippen molar-refractivity contribution in [1.82, 2.24) is 5.32 Å². The smallest absolute Gasteiger partial charge is 0.123 e. The van der Waals surface area contributed by atoms with E-state index in [2.05, 4.69) is 11.4 Å². The van der Waals surface area contributed by atoms with E-state index < -0.39 is 0 Å². The van der Waals surface area contributed by atoms with Crippen molar-refractivity contribution in [3.8, 4) is 6.07 Å². The molecule has 1 N–H and O–H groups in total. The number of ether oxygens (including phenoxy) is 1. The molecule has 0 bridgehead atoms. The van der Waals surface area contributed by atoms with Gasteiger partial charge in [-0.15, -0.1) is 0 Å². The van der Waals surface area contributed by atoms with Crippen molar-refractivity contribution in [3.05, 3.63) is 35.1 Å². The summed E-state index contributed by atoms with van der Waals surface area (Å²) in [6.45, 7) is 1.23. The average molecular weight is 248 g/mol. The molecule has 1 aliphatic carbocycles. The lowest BCUT2D eigenvalue weighted by molar-refractivity contribution is -0.0695. The Labute approximate surface area is 107 Å². The minimum atomic E-state index is -0.309. The van der Waals surface area contributed by atoms with Crippen LogP contribution in [0.2, 0.25) is 0 Å². The fraction of sp³-hybridized carbons (Fsp3) is 0.500. The Morgan fingerprint density at radius 2 is 2.28 bits per heavy atom. The van der Waals surface area contributed by atoms with Crippen LogP contribution in [-0.2, 0) is 11.3 Å². The Morgan fingerprint density at radius 1 is 1.50 bits per heavy atom. The van der Waals surface area contributed by atoms with Gasteiger partial charge in [0.15, 0.2) is 0 Å². The maximum atomic E-state index is 13.1. The van der Waals surface area contributed by atoms with Crippen LogP contribution in [-0.4, -0.2) is 19.3 Å². The molecule has 1 aliphatic rings. The fourth-order valence-electron chi connectivity index (χ4n) is 2.27. The van der Waals surface area contributed by atoms with Crippen LogP contribution < -0.4 is 5.32 Å². The zero-order valence-electron chi connectivity index (χ0n) is 10.5. The zero-order valence-corrected chi connectivity index (χ0v) is 10.5. The molecule has 0 saturated heterocycles. The van der Waals surface area contributed by atoms with Gasteiger partial charge in [-0.3, -0.25) is 0 Å². The van der Waals surface area contributed by atoms with Crippen LogP contribution in [0.15, 0.2) is 18.2 Å². The number of halogens is 1. The molecule has 0 atom stereocenters. The van der Waals surface area contributed by atoms with Gasteiger partial charge in [0.25, 0.3) is 0 Å². The Bertz CT molecular complexity index is 458. The molecular formula is C14H17FN2O. The quantitative estimate of drug-likeness (QED) is 0.870. The highest BCUT2D eigenvalue weighted by Gasteiger charge is 2.36. The highest BCUT2D eigenvalue weighted by atomic mass is 19.1. The van der Waals surface area contributed by atoms with Crippen molar-refractivity contribution in [1.29, 1.82) is 5.26 Å². The monoisotopic (exact) mass is 248 g/mol. The lowest BCUT2D eigenvalue weighted by Gasteiger charge is -2.40. The summed E-state index contributed by atoms with van der Waals surface area (Å²) in [6, 6.07) is 6.31. The van der Waals surface area contributed by atoms with E-state index in [1.165, 1.54) is 24.6 Å². The third-order valence-corrected chi connectivity index (χ3v) is 3.65. The number of nitrogens with one attached hydrogen (secondary N) is 1. The van der Waals surface area contributed by atoms with Gasteiger partial charge in [-0.1, -0.05) is 0 Å². The second-order valence-electron chi connectivity index (χ2n) is 4.76. The summed E-state index contributed by atoms with van der Waals surface area (Å²) >= 11 is 0. The van der Waals surface area contributed by atoms with Crippen molar-refractivity contribution in [2.45, 2.75) is 31.4 Å². The highest BCUT2D eigenvalue weighted by molar-refractivity contribution is 5.37. The molecule has 0 amide bonds. The fourth-order valence-corrected chi connectivity index (χ4v) is 2.27. The molecular weight excluding hydrogens is 231 g/mol. The first-order valence-electron chi connectivity index (χ1n) is 6.13. The number of hydrogen-bond donors (Lipinski definition) is 1. The summed E-state index contributed by atoms with van der Waals surface area (Å²) in [5, 5.41) is 12.2. The van der Waals surface area contributed by atoms with Gasteiger partial charge in [-0.05, 0) is 43.0 Å².